The molecular formula is C26H31N3O2S. The van der Waals surface area contributed by atoms with Crippen LogP contribution < -0.4 is 19.1 Å². The van der Waals surface area contributed by atoms with E-state index in [1.807, 2.05) is 6.07 Å². The Hall–Kier alpha value is -2.83. The molecule has 1 fully saturated rings. The molecule has 32 heavy (non-hydrogen) atoms. The van der Waals surface area contributed by atoms with E-state index in [0.717, 1.165) is 49.9 Å². The molecule has 5 nitrogen and oxygen atoms in total. The molecule has 3 aromatic rings. The van der Waals surface area contributed by atoms with Crippen LogP contribution in [-0.2, 0) is 6.54 Å². The smallest absolute Gasteiger partial charge is 0.161 e. The summed E-state index contributed by atoms with van der Waals surface area (Å²) in [6, 6.07) is 23.4. The maximum atomic E-state index is 5.45. The predicted octanol–water partition coefficient (Wildman–Crippen LogP) is 5.45. The van der Waals surface area contributed by atoms with E-state index in [-0.39, 0.29) is 0 Å². The summed E-state index contributed by atoms with van der Waals surface area (Å²) >= 11 is 1.66. The van der Waals surface area contributed by atoms with Gasteiger partial charge < -0.3 is 19.1 Å². The largest absolute Gasteiger partial charge is 0.493 e. The highest BCUT2D eigenvalue weighted by atomic mass is 32.2. The number of hydrogen-bond acceptors (Lipinski definition) is 6. The molecule has 6 heteroatoms. The van der Waals surface area contributed by atoms with E-state index >= 15 is 0 Å². The van der Waals surface area contributed by atoms with Gasteiger partial charge in [-0.2, -0.15) is 0 Å². The van der Waals surface area contributed by atoms with Gasteiger partial charge in [0.2, 0.25) is 0 Å². The van der Waals surface area contributed by atoms with Gasteiger partial charge in [0.25, 0.3) is 0 Å². The summed E-state index contributed by atoms with van der Waals surface area (Å²) in [5.41, 5.74) is 4.94. The van der Waals surface area contributed by atoms with Crippen molar-refractivity contribution in [3.63, 3.8) is 0 Å². The number of aryl methyl sites for hydroxylation is 1. The van der Waals surface area contributed by atoms with Gasteiger partial charge in [-0.3, -0.25) is 4.90 Å². The van der Waals surface area contributed by atoms with Crippen LogP contribution in [0.3, 0.4) is 0 Å². The molecule has 0 saturated carbocycles. The van der Waals surface area contributed by atoms with Gasteiger partial charge >= 0.3 is 0 Å². The molecule has 0 aliphatic carbocycles. The van der Waals surface area contributed by atoms with Gasteiger partial charge in [-0.05, 0) is 60.8 Å². The Morgan fingerprint density at radius 2 is 1.56 bits per heavy atom. The first kappa shape index (κ1) is 22.4. The van der Waals surface area contributed by atoms with Crippen molar-refractivity contribution < 1.29 is 9.47 Å². The minimum atomic E-state index is 0.772. The molecule has 0 amide bonds. The third-order valence-corrected chi connectivity index (χ3v) is 6.60. The molecule has 0 atom stereocenters. The fourth-order valence-corrected chi connectivity index (χ4v) is 4.61. The summed E-state index contributed by atoms with van der Waals surface area (Å²) < 4.78 is 14.4. The second-order valence-electron chi connectivity index (χ2n) is 7.99. The van der Waals surface area contributed by atoms with Crippen molar-refractivity contribution in [3.05, 3.63) is 77.9 Å². The van der Waals surface area contributed by atoms with Crippen molar-refractivity contribution in [2.45, 2.75) is 18.4 Å². The molecule has 1 heterocycles. The molecule has 0 bridgehead atoms. The van der Waals surface area contributed by atoms with Gasteiger partial charge in [-0.1, -0.05) is 35.9 Å². The Labute approximate surface area is 195 Å². The first-order valence-electron chi connectivity index (χ1n) is 10.9. The van der Waals surface area contributed by atoms with E-state index in [4.69, 9.17) is 9.47 Å². The van der Waals surface area contributed by atoms with E-state index in [9.17, 15) is 0 Å². The molecule has 0 radical (unpaired) electrons. The maximum Gasteiger partial charge on any atom is 0.161 e. The summed E-state index contributed by atoms with van der Waals surface area (Å²) in [6.45, 7) is 7.07. The normalized spacial score (nSPS) is 14.3. The standard InChI is InChI=1S/C26H31N3O2S/c1-20-8-11-22(12-9-20)32-27-23-6-4-5-7-24(23)29-16-14-28(15-17-29)19-21-10-13-25(30-2)26(18-21)31-3/h4-13,18,27H,14-17,19H2,1-3H3. The molecule has 0 unspecified atom stereocenters. The van der Waals surface area contributed by atoms with Gasteiger partial charge in [0, 0.05) is 37.6 Å². The number of methoxy groups -OCH3 is 2. The number of piperazine rings is 1. The van der Waals surface area contributed by atoms with E-state index in [2.05, 4.69) is 82.1 Å². The molecule has 1 aliphatic rings. The van der Waals surface area contributed by atoms with Gasteiger partial charge in [-0.15, -0.1) is 0 Å². The summed E-state index contributed by atoms with van der Waals surface area (Å²) in [4.78, 5) is 6.18. The third-order valence-electron chi connectivity index (χ3n) is 5.77. The first-order valence-corrected chi connectivity index (χ1v) is 11.7. The Morgan fingerprint density at radius 1 is 0.844 bits per heavy atom. The van der Waals surface area contributed by atoms with Crippen LogP contribution >= 0.6 is 11.9 Å². The zero-order valence-electron chi connectivity index (χ0n) is 19.0. The van der Waals surface area contributed by atoms with E-state index in [0.29, 0.717) is 0 Å². The van der Waals surface area contributed by atoms with Crippen molar-refractivity contribution >= 4 is 23.3 Å². The maximum absolute atomic E-state index is 5.45. The molecule has 1 aliphatic heterocycles. The SMILES string of the molecule is COc1ccc(CN2CCN(c3ccccc3NSc3ccc(C)cc3)CC2)cc1OC. The molecule has 1 saturated heterocycles. The Morgan fingerprint density at radius 3 is 2.28 bits per heavy atom. The third kappa shape index (κ3) is 5.50. The number of benzene rings is 3. The molecule has 0 spiro atoms. The number of para-hydroxylation sites is 2. The van der Waals surface area contributed by atoms with Crippen LogP contribution in [0, 0.1) is 6.92 Å². The number of hydrogen-bond donors (Lipinski definition) is 1. The topological polar surface area (TPSA) is 37.0 Å². The zero-order valence-corrected chi connectivity index (χ0v) is 19.8. The van der Waals surface area contributed by atoms with Crippen molar-refractivity contribution in [2.75, 3.05) is 50.0 Å². The fourth-order valence-electron chi connectivity index (χ4n) is 3.94. The molecule has 0 aromatic heterocycles. The fraction of sp³-hybridized carbons (Fsp3) is 0.308. The van der Waals surface area contributed by atoms with Crippen molar-refractivity contribution in [3.8, 4) is 11.5 Å². The highest BCUT2D eigenvalue weighted by Gasteiger charge is 2.20. The lowest BCUT2D eigenvalue weighted by Gasteiger charge is -2.37. The predicted molar refractivity (Wildman–Crippen MR) is 134 cm³/mol. The van der Waals surface area contributed by atoms with Gasteiger partial charge in [0.1, 0.15) is 0 Å². The van der Waals surface area contributed by atoms with Crippen LogP contribution in [0.15, 0.2) is 71.6 Å². The summed E-state index contributed by atoms with van der Waals surface area (Å²) in [6.07, 6.45) is 0. The monoisotopic (exact) mass is 449 g/mol. The van der Waals surface area contributed by atoms with Gasteiger partial charge in [0.15, 0.2) is 11.5 Å². The highest BCUT2D eigenvalue weighted by Crippen LogP contribution is 2.32. The first-order chi connectivity index (χ1) is 15.7. The van der Waals surface area contributed by atoms with Crippen LogP contribution in [-0.4, -0.2) is 45.3 Å². The second kappa shape index (κ2) is 10.7. The summed E-state index contributed by atoms with van der Waals surface area (Å²) in [5.74, 6) is 1.56. The molecule has 4 rings (SSSR count). The zero-order chi connectivity index (χ0) is 22.3. The van der Waals surface area contributed by atoms with E-state index in [1.165, 1.54) is 21.7 Å². The Balaban J connectivity index is 1.35. The van der Waals surface area contributed by atoms with Crippen LogP contribution in [0.25, 0.3) is 0 Å². The van der Waals surface area contributed by atoms with Crippen molar-refractivity contribution in [1.29, 1.82) is 0 Å². The Bertz CT molecular complexity index is 1020. The van der Waals surface area contributed by atoms with Crippen molar-refractivity contribution in [1.82, 2.24) is 4.90 Å². The number of ether oxygens (including phenoxy) is 2. The number of nitrogens with zero attached hydrogens (tertiary/aromatic N) is 2. The lowest BCUT2D eigenvalue weighted by molar-refractivity contribution is 0.249. The number of nitrogens with one attached hydrogen (secondary N) is 1. The number of rotatable bonds is 8. The molecule has 3 aromatic carbocycles. The minimum absolute atomic E-state index is 0.772. The molecule has 1 N–H and O–H groups in total. The summed E-state index contributed by atoms with van der Waals surface area (Å²) in [7, 11) is 3.35. The summed E-state index contributed by atoms with van der Waals surface area (Å²) in [5, 5.41) is 0. The quantitative estimate of drug-likeness (QED) is 0.461. The van der Waals surface area contributed by atoms with Crippen LogP contribution in [0.5, 0.6) is 11.5 Å². The minimum Gasteiger partial charge on any atom is -0.493 e. The van der Waals surface area contributed by atoms with Gasteiger partial charge in [-0.25, -0.2) is 0 Å². The molecule has 168 valence electrons. The molecular weight excluding hydrogens is 418 g/mol. The van der Waals surface area contributed by atoms with E-state index < -0.39 is 0 Å². The Kier molecular flexibility index (Phi) is 7.45. The van der Waals surface area contributed by atoms with Crippen LogP contribution in [0.2, 0.25) is 0 Å². The lowest BCUT2D eigenvalue weighted by Crippen LogP contribution is -2.46. The number of anilines is 2. The van der Waals surface area contributed by atoms with Gasteiger partial charge in [0.05, 0.1) is 25.6 Å². The van der Waals surface area contributed by atoms with Crippen molar-refractivity contribution in [2.24, 2.45) is 0 Å². The van der Waals surface area contributed by atoms with Crippen LogP contribution in [0.1, 0.15) is 11.1 Å². The lowest BCUT2D eigenvalue weighted by atomic mass is 10.1. The highest BCUT2D eigenvalue weighted by molar-refractivity contribution is 8.00. The second-order valence-corrected chi connectivity index (χ2v) is 8.87. The average Bonchev–Trinajstić information content (AvgIpc) is 2.84. The van der Waals surface area contributed by atoms with E-state index in [1.54, 1.807) is 26.2 Å². The average molecular weight is 450 g/mol. The van der Waals surface area contributed by atoms with Crippen LogP contribution in [0.4, 0.5) is 11.4 Å².